The molecule has 0 saturated carbocycles. The van der Waals surface area contributed by atoms with E-state index in [0.717, 1.165) is 25.1 Å². The third kappa shape index (κ3) is 5.80. The number of methoxy groups -OCH3 is 1. The summed E-state index contributed by atoms with van der Waals surface area (Å²) in [5.74, 6) is 0.510. The van der Waals surface area contributed by atoms with E-state index in [1.54, 1.807) is 19.2 Å². The third-order valence-electron chi connectivity index (χ3n) is 3.27. The van der Waals surface area contributed by atoms with Crippen LogP contribution in [0.3, 0.4) is 0 Å². The molecule has 2 rings (SSSR count). The average Bonchev–Trinajstić information content (AvgIpc) is 2.55. The standard InChI is InChI=1S/C17H18BrFN2OS/c1-22-14-7-4-12(5-8-14)3-2-10-20-17(23)21-16-9-6-13(18)11-15(16)19/h4-9,11H,2-3,10H2,1H3,(H2,20,21,23). The normalized spacial score (nSPS) is 10.2. The molecule has 0 bridgehead atoms. The first-order valence-corrected chi connectivity index (χ1v) is 8.41. The van der Waals surface area contributed by atoms with Gasteiger partial charge in [-0.3, -0.25) is 0 Å². The van der Waals surface area contributed by atoms with E-state index >= 15 is 0 Å². The Hall–Kier alpha value is -1.66. The largest absolute Gasteiger partial charge is 0.497 e. The fraction of sp³-hybridized carbons (Fsp3) is 0.235. The molecule has 2 N–H and O–H groups in total. The molecule has 23 heavy (non-hydrogen) atoms. The topological polar surface area (TPSA) is 33.3 Å². The second-order valence-electron chi connectivity index (χ2n) is 4.96. The molecule has 0 fully saturated rings. The molecule has 2 aromatic carbocycles. The molecule has 0 saturated heterocycles. The van der Waals surface area contributed by atoms with Crippen LogP contribution in [0.15, 0.2) is 46.9 Å². The summed E-state index contributed by atoms with van der Waals surface area (Å²) in [6.07, 6.45) is 1.86. The molecule has 0 aromatic heterocycles. The minimum Gasteiger partial charge on any atom is -0.497 e. The lowest BCUT2D eigenvalue weighted by atomic mass is 10.1. The molecule has 3 nitrogen and oxygen atoms in total. The van der Waals surface area contributed by atoms with E-state index in [9.17, 15) is 4.39 Å². The van der Waals surface area contributed by atoms with Gasteiger partial charge in [-0.1, -0.05) is 28.1 Å². The van der Waals surface area contributed by atoms with Crippen molar-refractivity contribution in [1.82, 2.24) is 5.32 Å². The lowest BCUT2D eigenvalue weighted by Gasteiger charge is -2.11. The van der Waals surface area contributed by atoms with E-state index in [-0.39, 0.29) is 5.82 Å². The third-order valence-corrected chi connectivity index (χ3v) is 4.01. The maximum absolute atomic E-state index is 13.7. The molecular weight excluding hydrogens is 379 g/mol. The van der Waals surface area contributed by atoms with Crippen molar-refractivity contribution >= 4 is 38.9 Å². The summed E-state index contributed by atoms with van der Waals surface area (Å²) in [5.41, 5.74) is 1.60. The summed E-state index contributed by atoms with van der Waals surface area (Å²) in [7, 11) is 1.65. The first kappa shape index (κ1) is 17.7. The van der Waals surface area contributed by atoms with Crippen LogP contribution < -0.4 is 15.4 Å². The number of thiocarbonyl (C=S) groups is 1. The summed E-state index contributed by atoms with van der Waals surface area (Å²) in [6, 6.07) is 12.8. The van der Waals surface area contributed by atoms with Gasteiger partial charge >= 0.3 is 0 Å². The van der Waals surface area contributed by atoms with Gasteiger partial charge in [-0.2, -0.15) is 0 Å². The summed E-state index contributed by atoms with van der Waals surface area (Å²) in [5, 5.41) is 6.36. The van der Waals surface area contributed by atoms with Crippen LogP contribution in [-0.4, -0.2) is 18.8 Å². The highest BCUT2D eigenvalue weighted by molar-refractivity contribution is 9.10. The van der Waals surface area contributed by atoms with Gasteiger partial charge < -0.3 is 15.4 Å². The number of rotatable bonds is 6. The second-order valence-corrected chi connectivity index (χ2v) is 6.28. The van der Waals surface area contributed by atoms with Gasteiger partial charge in [0.05, 0.1) is 12.8 Å². The zero-order chi connectivity index (χ0) is 16.7. The second kappa shape index (κ2) is 8.84. The Balaban J connectivity index is 1.72. The monoisotopic (exact) mass is 396 g/mol. The van der Waals surface area contributed by atoms with Gasteiger partial charge in [-0.15, -0.1) is 0 Å². The Bertz CT molecular complexity index is 664. The first-order chi connectivity index (χ1) is 11.1. The molecule has 0 spiro atoms. The van der Waals surface area contributed by atoms with Gasteiger partial charge in [-0.05, 0) is 61.0 Å². The van der Waals surface area contributed by atoms with Crippen molar-refractivity contribution in [2.45, 2.75) is 12.8 Å². The Morgan fingerprint density at radius 1 is 1.22 bits per heavy atom. The van der Waals surface area contributed by atoms with Gasteiger partial charge in [0.2, 0.25) is 0 Å². The lowest BCUT2D eigenvalue weighted by molar-refractivity contribution is 0.414. The highest BCUT2D eigenvalue weighted by Gasteiger charge is 2.04. The summed E-state index contributed by atoms with van der Waals surface area (Å²) >= 11 is 8.40. The lowest BCUT2D eigenvalue weighted by Crippen LogP contribution is -2.29. The Morgan fingerprint density at radius 3 is 2.61 bits per heavy atom. The first-order valence-electron chi connectivity index (χ1n) is 7.21. The van der Waals surface area contributed by atoms with E-state index in [1.807, 2.05) is 24.3 Å². The molecule has 0 heterocycles. The predicted octanol–water partition coefficient (Wildman–Crippen LogP) is 4.52. The summed E-state index contributed by atoms with van der Waals surface area (Å²) in [6.45, 7) is 0.718. The number of benzene rings is 2. The van der Waals surface area contributed by atoms with Crippen molar-refractivity contribution in [3.05, 3.63) is 58.3 Å². The number of aryl methyl sites for hydroxylation is 1. The molecule has 0 amide bonds. The molecule has 2 aromatic rings. The highest BCUT2D eigenvalue weighted by Crippen LogP contribution is 2.19. The number of hydrogen-bond donors (Lipinski definition) is 2. The molecule has 0 radical (unpaired) electrons. The molecule has 0 aliphatic rings. The number of ether oxygens (including phenoxy) is 1. The zero-order valence-electron chi connectivity index (χ0n) is 12.7. The van der Waals surface area contributed by atoms with Crippen LogP contribution in [0.1, 0.15) is 12.0 Å². The van der Waals surface area contributed by atoms with E-state index in [1.165, 1.54) is 11.6 Å². The van der Waals surface area contributed by atoms with Crippen molar-refractivity contribution in [3.8, 4) is 5.75 Å². The van der Waals surface area contributed by atoms with Crippen LogP contribution in [0.2, 0.25) is 0 Å². The SMILES string of the molecule is COc1ccc(CCCNC(=S)Nc2ccc(Br)cc2F)cc1. The van der Waals surface area contributed by atoms with Gasteiger partial charge in [0.15, 0.2) is 5.11 Å². The van der Waals surface area contributed by atoms with Crippen LogP contribution in [0.4, 0.5) is 10.1 Å². The van der Waals surface area contributed by atoms with Crippen LogP contribution in [-0.2, 0) is 6.42 Å². The van der Waals surface area contributed by atoms with Crippen molar-refractivity contribution in [1.29, 1.82) is 0 Å². The molecule has 122 valence electrons. The zero-order valence-corrected chi connectivity index (χ0v) is 15.1. The van der Waals surface area contributed by atoms with E-state index in [4.69, 9.17) is 17.0 Å². The number of halogens is 2. The van der Waals surface area contributed by atoms with Crippen LogP contribution in [0, 0.1) is 5.82 Å². The van der Waals surface area contributed by atoms with Crippen LogP contribution >= 0.6 is 28.1 Å². The molecule has 0 unspecified atom stereocenters. The fourth-order valence-corrected chi connectivity index (χ4v) is 2.59. The van der Waals surface area contributed by atoms with Crippen molar-refractivity contribution in [2.24, 2.45) is 0 Å². The molecular formula is C17H18BrFN2OS. The maximum atomic E-state index is 13.7. The number of nitrogens with one attached hydrogen (secondary N) is 2. The minimum absolute atomic E-state index is 0.346. The quantitative estimate of drug-likeness (QED) is 0.555. The summed E-state index contributed by atoms with van der Waals surface area (Å²) in [4.78, 5) is 0. The molecule has 6 heteroatoms. The number of anilines is 1. The predicted molar refractivity (Wildman–Crippen MR) is 99.6 cm³/mol. The Morgan fingerprint density at radius 2 is 1.96 bits per heavy atom. The minimum atomic E-state index is -0.346. The van der Waals surface area contributed by atoms with Crippen LogP contribution in [0.25, 0.3) is 0 Å². The van der Waals surface area contributed by atoms with Crippen molar-refractivity contribution in [2.75, 3.05) is 19.0 Å². The maximum Gasteiger partial charge on any atom is 0.170 e. The van der Waals surface area contributed by atoms with Crippen molar-refractivity contribution < 1.29 is 9.13 Å². The summed E-state index contributed by atoms with van der Waals surface area (Å²) < 4.78 is 19.5. The van der Waals surface area contributed by atoms with Gasteiger partial charge in [-0.25, -0.2) is 4.39 Å². The fourth-order valence-electron chi connectivity index (χ4n) is 2.04. The van der Waals surface area contributed by atoms with E-state index < -0.39 is 0 Å². The highest BCUT2D eigenvalue weighted by atomic mass is 79.9. The average molecular weight is 397 g/mol. The smallest absolute Gasteiger partial charge is 0.170 e. The Labute approximate surface area is 149 Å². The van der Waals surface area contributed by atoms with E-state index in [0.29, 0.717) is 15.3 Å². The van der Waals surface area contributed by atoms with E-state index in [2.05, 4.69) is 26.6 Å². The van der Waals surface area contributed by atoms with Gasteiger partial charge in [0.1, 0.15) is 11.6 Å². The molecule has 0 atom stereocenters. The molecule has 0 aliphatic carbocycles. The van der Waals surface area contributed by atoms with Gasteiger partial charge in [0, 0.05) is 11.0 Å². The van der Waals surface area contributed by atoms with Crippen LogP contribution in [0.5, 0.6) is 5.75 Å². The van der Waals surface area contributed by atoms with Gasteiger partial charge in [0.25, 0.3) is 0 Å². The van der Waals surface area contributed by atoms with Crippen molar-refractivity contribution in [3.63, 3.8) is 0 Å². The Kier molecular flexibility index (Phi) is 6.80. The molecule has 0 aliphatic heterocycles. The number of hydrogen-bond acceptors (Lipinski definition) is 2.